The predicted octanol–water partition coefficient (Wildman–Crippen LogP) is 5.34. The molecule has 100 valence electrons. The maximum absolute atomic E-state index is 12.9. The van der Waals surface area contributed by atoms with Crippen LogP contribution in [0, 0.1) is 6.92 Å². The zero-order valence-electron chi connectivity index (χ0n) is 10.2. The number of benzene rings is 2. The van der Waals surface area contributed by atoms with Crippen LogP contribution in [-0.4, -0.2) is 0 Å². The van der Waals surface area contributed by atoms with E-state index >= 15 is 0 Å². The molecule has 2 rings (SSSR count). The van der Waals surface area contributed by atoms with E-state index in [0.717, 1.165) is 11.6 Å². The van der Waals surface area contributed by atoms with Gasteiger partial charge in [0.2, 0.25) is 0 Å². The highest BCUT2D eigenvalue weighted by Crippen LogP contribution is 2.39. The van der Waals surface area contributed by atoms with Crippen LogP contribution in [0.15, 0.2) is 48.5 Å². The normalized spacial score (nSPS) is 13.3. The summed E-state index contributed by atoms with van der Waals surface area (Å²) in [6.45, 7) is 1.91. The number of aryl methyl sites for hydroxylation is 1. The summed E-state index contributed by atoms with van der Waals surface area (Å²) in [5, 5.41) is -0.807. The van der Waals surface area contributed by atoms with Gasteiger partial charge in [0, 0.05) is 0 Å². The summed E-state index contributed by atoms with van der Waals surface area (Å²) >= 11 is 6.20. The van der Waals surface area contributed by atoms with E-state index < -0.39 is 17.1 Å². The van der Waals surface area contributed by atoms with E-state index in [0.29, 0.717) is 5.56 Å². The fourth-order valence-electron chi connectivity index (χ4n) is 1.89. The van der Waals surface area contributed by atoms with Gasteiger partial charge in [-0.2, -0.15) is 13.2 Å². The van der Waals surface area contributed by atoms with Gasteiger partial charge in [0.25, 0.3) is 0 Å². The molecular formula is C15H12ClF3. The number of hydrogen-bond donors (Lipinski definition) is 0. The predicted molar refractivity (Wildman–Crippen MR) is 70.3 cm³/mol. The third-order valence-electron chi connectivity index (χ3n) is 2.91. The van der Waals surface area contributed by atoms with Crippen LogP contribution in [0.4, 0.5) is 13.2 Å². The molecule has 0 aliphatic heterocycles. The second-order valence-electron chi connectivity index (χ2n) is 4.36. The minimum absolute atomic E-state index is 0.0838. The molecule has 0 spiro atoms. The maximum Gasteiger partial charge on any atom is 0.416 e. The summed E-state index contributed by atoms with van der Waals surface area (Å²) in [5.74, 6) is 0. The van der Waals surface area contributed by atoms with E-state index in [9.17, 15) is 13.2 Å². The largest absolute Gasteiger partial charge is 0.416 e. The SMILES string of the molecule is Cc1ccc(C(Cl)c2ccccc2C(F)(F)F)cc1. The zero-order valence-corrected chi connectivity index (χ0v) is 11.0. The van der Waals surface area contributed by atoms with Crippen molar-refractivity contribution in [1.82, 2.24) is 0 Å². The molecule has 0 nitrogen and oxygen atoms in total. The molecule has 4 heteroatoms. The van der Waals surface area contributed by atoms with Gasteiger partial charge in [-0.15, -0.1) is 11.6 Å². The van der Waals surface area contributed by atoms with Crippen LogP contribution in [0.5, 0.6) is 0 Å². The lowest BCUT2D eigenvalue weighted by atomic mass is 9.98. The molecule has 0 amide bonds. The van der Waals surface area contributed by atoms with Crippen molar-refractivity contribution in [1.29, 1.82) is 0 Å². The van der Waals surface area contributed by atoms with Gasteiger partial charge in [-0.3, -0.25) is 0 Å². The van der Waals surface area contributed by atoms with E-state index in [1.807, 2.05) is 19.1 Å². The second kappa shape index (κ2) is 5.25. The minimum atomic E-state index is -4.39. The van der Waals surface area contributed by atoms with Gasteiger partial charge >= 0.3 is 6.18 Å². The highest BCUT2D eigenvalue weighted by molar-refractivity contribution is 6.22. The van der Waals surface area contributed by atoms with Gasteiger partial charge in [-0.05, 0) is 24.1 Å². The van der Waals surface area contributed by atoms with E-state index in [2.05, 4.69) is 0 Å². The van der Waals surface area contributed by atoms with E-state index in [1.165, 1.54) is 12.1 Å². The Morgan fingerprint density at radius 2 is 1.53 bits per heavy atom. The summed E-state index contributed by atoms with van der Waals surface area (Å²) in [5.41, 5.74) is 1.09. The lowest BCUT2D eigenvalue weighted by Crippen LogP contribution is -2.10. The van der Waals surface area contributed by atoms with Gasteiger partial charge in [0.05, 0.1) is 10.9 Å². The van der Waals surface area contributed by atoms with Crippen molar-refractivity contribution in [2.75, 3.05) is 0 Å². The van der Waals surface area contributed by atoms with Crippen molar-refractivity contribution < 1.29 is 13.2 Å². The molecule has 0 bridgehead atoms. The Bertz CT molecular complexity index is 558. The van der Waals surface area contributed by atoms with Crippen molar-refractivity contribution in [2.45, 2.75) is 18.5 Å². The Morgan fingerprint density at radius 3 is 2.11 bits per heavy atom. The fraction of sp³-hybridized carbons (Fsp3) is 0.200. The minimum Gasteiger partial charge on any atom is -0.166 e. The molecule has 19 heavy (non-hydrogen) atoms. The van der Waals surface area contributed by atoms with E-state index in [4.69, 9.17) is 11.6 Å². The Kier molecular flexibility index (Phi) is 3.85. The molecule has 0 saturated heterocycles. The van der Waals surface area contributed by atoms with Crippen LogP contribution in [-0.2, 0) is 6.18 Å². The third kappa shape index (κ3) is 3.10. The van der Waals surface area contributed by atoms with Crippen molar-refractivity contribution in [3.63, 3.8) is 0 Å². The molecule has 0 aromatic heterocycles. The van der Waals surface area contributed by atoms with Crippen molar-refractivity contribution in [3.8, 4) is 0 Å². The lowest BCUT2D eigenvalue weighted by molar-refractivity contribution is -0.138. The van der Waals surface area contributed by atoms with Gasteiger partial charge in [0.15, 0.2) is 0 Å². The average molecular weight is 285 g/mol. The van der Waals surface area contributed by atoms with Crippen LogP contribution >= 0.6 is 11.6 Å². The third-order valence-corrected chi connectivity index (χ3v) is 3.40. The molecule has 0 saturated carbocycles. The lowest BCUT2D eigenvalue weighted by Gasteiger charge is -2.17. The van der Waals surface area contributed by atoms with Gasteiger partial charge in [-0.1, -0.05) is 48.0 Å². The molecular weight excluding hydrogens is 273 g/mol. The van der Waals surface area contributed by atoms with Crippen LogP contribution in [0.3, 0.4) is 0 Å². The highest BCUT2D eigenvalue weighted by Gasteiger charge is 2.34. The molecule has 0 N–H and O–H groups in total. The molecule has 0 radical (unpaired) electrons. The van der Waals surface area contributed by atoms with Crippen molar-refractivity contribution >= 4 is 11.6 Å². The molecule has 0 fully saturated rings. The van der Waals surface area contributed by atoms with Crippen LogP contribution in [0.2, 0.25) is 0 Å². The molecule has 0 aliphatic rings. The summed E-state index contributed by atoms with van der Waals surface area (Å²) in [4.78, 5) is 0. The maximum atomic E-state index is 12.9. The van der Waals surface area contributed by atoms with Gasteiger partial charge < -0.3 is 0 Å². The first-order valence-corrected chi connectivity index (χ1v) is 6.20. The average Bonchev–Trinajstić information content (AvgIpc) is 2.38. The van der Waals surface area contributed by atoms with Crippen molar-refractivity contribution in [3.05, 3.63) is 70.8 Å². The Labute approximate surface area is 114 Å². The fourth-order valence-corrected chi connectivity index (χ4v) is 2.23. The Balaban J connectivity index is 2.44. The Hall–Kier alpha value is -1.48. The summed E-state index contributed by atoms with van der Waals surface area (Å²) < 4.78 is 38.8. The van der Waals surface area contributed by atoms with Gasteiger partial charge in [-0.25, -0.2) is 0 Å². The first kappa shape index (κ1) is 13.9. The number of hydrogen-bond acceptors (Lipinski definition) is 0. The van der Waals surface area contributed by atoms with Crippen LogP contribution in [0.1, 0.15) is 27.6 Å². The molecule has 0 heterocycles. The number of alkyl halides is 4. The van der Waals surface area contributed by atoms with Crippen LogP contribution < -0.4 is 0 Å². The smallest absolute Gasteiger partial charge is 0.166 e. The van der Waals surface area contributed by atoms with E-state index in [-0.39, 0.29) is 5.56 Å². The second-order valence-corrected chi connectivity index (χ2v) is 4.79. The molecule has 0 aliphatic carbocycles. The summed E-state index contributed by atoms with van der Waals surface area (Å²) in [6.07, 6.45) is -4.39. The highest BCUT2D eigenvalue weighted by atomic mass is 35.5. The quantitative estimate of drug-likeness (QED) is 0.653. The first-order chi connectivity index (χ1) is 8.89. The molecule has 1 atom stereocenters. The molecule has 2 aromatic carbocycles. The summed E-state index contributed by atoms with van der Waals surface area (Å²) in [6, 6.07) is 12.6. The summed E-state index contributed by atoms with van der Waals surface area (Å²) in [7, 11) is 0. The Morgan fingerprint density at radius 1 is 0.947 bits per heavy atom. The molecule has 1 unspecified atom stereocenters. The van der Waals surface area contributed by atoms with Crippen LogP contribution in [0.25, 0.3) is 0 Å². The van der Waals surface area contributed by atoms with Gasteiger partial charge in [0.1, 0.15) is 0 Å². The zero-order chi connectivity index (χ0) is 14.0. The topological polar surface area (TPSA) is 0 Å². The monoisotopic (exact) mass is 284 g/mol. The number of rotatable bonds is 2. The standard InChI is InChI=1S/C15H12ClF3/c1-10-6-8-11(9-7-10)14(16)12-4-2-3-5-13(12)15(17,18)19/h2-9,14H,1H3. The molecule has 2 aromatic rings. The number of halogens is 4. The van der Waals surface area contributed by atoms with Crippen molar-refractivity contribution in [2.24, 2.45) is 0 Å². The van der Waals surface area contributed by atoms with E-state index in [1.54, 1.807) is 18.2 Å². The first-order valence-electron chi connectivity index (χ1n) is 5.76.